The van der Waals surface area contributed by atoms with E-state index in [1.165, 1.54) is 4.90 Å². The second-order valence-electron chi connectivity index (χ2n) is 6.15. The minimum Gasteiger partial charge on any atom is -0.444 e. The first-order valence-electron chi connectivity index (χ1n) is 6.74. The van der Waals surface area contributed by atoms with E-state index in [-0.39, 0.29) is 6.54 Å². The van der Waals surface area contributed by atoms with Gasteiger partial charge in [-0.15, -0.1) is 0 Å². The summed E-state index contributed by atoms with van der Waals surface area (Å²) in [5.74, 6) is -1.90. The van der Waals surface area contributed by atoms with Crippen molar-refractivity contribution in [2.24, 2.45) is 0 Å². The lowest BCUT2D eigenvalue weighted by Crippen LogP contribution is -2.48. The van der Waals surface area contributed by atoms with Crippen molar-refractivity contribution in [3.05, 3.63) is 0 Å². The van der Waals surface area contributed by atoms with Crippen LogP contribution in [0.5, 0.6) is 0 Å². The molecule has 1 heterocycles. The van der Waals surface area contributed by atoms with Crippen LogP contribution in [0.4, 0.5) is 18.0 Å². The Hall–Kier alpha value is -1.47. The Balaban J connectivity index is 2.66. The Morgan fingerprint density at radius 1 is 1.29 bits per heavy atom. The minimum absolute atomic E-state index is 0.155. The molecule has 1 rings (SSSR count). The quantitative estimate of drug-likeness (QED) is 0.787. The monoisotopic (exact) mass is 310 g/mol. The van der Waals surface area contributed by atoms with E-state index in [4.69, 9.17) is 4.74 Å². The molecule has 2 amide bonds. The summed E-state index contributed by atoms with van der Waals surface area (Å²) in [5, 5.41) is 0. The highest BCUT2D eigenvalue weighted by atomic mass is 19.4. The number of likely N-dealkylation sites (tertiary alicyclic amines) is 1. The number of carbonyl (C=O) groups is 2. The van der Waals surface area contributed by atoms with Crippen LogP contribution in [-0.4, -0.2) is 59.8 Å². The molecule has 21 heavy (non-hydrogen) atoms. The normalized spacial score (nSPS) is 19.6. The zero-order valence-electron chi connectivity index (χ0n) is 12.7. The molecule has 1 saturated heterocycles. The summed E-state index contributed by atoms with van der Waals surface area (Å²) < 4.78 is 42.3. The van der Waals surface area contributed by atoms with Crippen molar-refractivity contribution < 1.29 is 27.5 Å². The van der Waals surface area contributed by atoms with Gasteiger partial charge in [0, 0.05) is 20.1 Å². The van der Waals surface area contributed by atoms with E-state index < -0.39 is 29.8 Å². The van der Waals surface area contributed by atoms with E-state index in [0.717, 1.165) is 7.05 Å². The summed E-state index contributed by atoms with van der Waals surface area (Å²) in [5.41, 5.74) is -0.669. The second kappa shape index (κ2) is 6.11. The van der Waals surface area contributed by atoms with Crippen LogP contribution in [0.15, 0.2) is 0 Å². The molecule has 0 aliphatic carbocycles. The molecule has 0 aromatic heterocycles. The van der Waals surface area contributed by atoms with E-state index in [9.17, 15) is 22.8 Å². The molecule has 1 fully saturated rings. The molecule has 1 aliphatic rings. The van der Waals surface area contributed by atoms with E-state index in [0.29, 0.717) is 24.3 Å². The first kappa shape index (κ1) is 17.6. The number of alkyl halides is 3. The van der Waals surface area contributed by atoms with Gasteiger partial charge in [0.1, 0.15) is 5.60 Å². The van der Waals surface area contributed by atoms with Gasteiger partial charge in [-0.3, -0.25) is 4.79 Å². The summed E-state index contributed by atoms with van der Waals surface area (Å²) in [7, 11) is 1.08. The van der Waals surface area contributed by atoms with Gasteiger partial charge in [0.05, 0.1) is 6.04 Å². The Kier molecular flexibility index (Phi) is 5.11. The molecular formula is C13H21F3N2O3. The third-order valence-electron chi connectivity index (χ3n) is 3.08. The molecule has 8 heteroatoms. The molecule has 0 aromatic rings. The number of halogens is 3. The molecule has 5 nitrogen and oxygen atoms in total. The Labute approximate surface area is 122 Å². The standard InChI is InChI=1S/C13H21F3N2O3/c1-12(2,3)21-11(20)18-7-5-6-9(18)8-17(4)10(19)13(14,15)16/h9H,5-8H2,1-4H3. The zero-order valence-corrected chi connectivity index (χ0v) is 12.7. The molecule has 1 atom stereocenters. The van der Waals surface area contributed by atoms with Crippen molar-refractivity contribution in [2.45, 2.75) is 51.4 Å². The third kappa shape index (κ3) is 5.09. The zero-order chi connectivity index (χ0) is 16.4. The van der Waals surface area contributed by atoms with Crippen LogP contribution in [0.25, 0.3) is 0 Å². The number of rotatable bonds is 2. The Bertz CT molecular complexity index is 404. The maximum absolute atomic E-state index is 12.4. The van der Waals surface area contributed by atoms with E-state index in [1.54, 1.807) is 20.8 Å². The predicted molar refractivity (Wildman–Crippen MR) is 69.7 cm³/mol. The number of hydrogen-bond acceptors (Lipinski definition) is 3. The van der Waals surface area contributed by atoms with Gasteiger partial charge in [0.2, 0.25) is 0 Å². The molecule has 0 saturated carbocycles. The highest BCUT2D eigenvalue weighted by molar-refractivity contribution is 5.81. The lowest BCUT2D eigenvalue weighted by Gasteiger charge is -2.31. The summed E-state index contributed by atoms with van der Waals surface area (Å²) >= 11 is 0. The molecule has 0 N–H and O–H groups in total. The minimum atomic E-state index is -4.90. The van der Waals surface area contributed by atoms with Crippen molar-refractivity contribution >= 4 is 12.0 Å². The average Bonchev–Trinajstić information content (AvgIpc) is 2.72. The molecule has 1 aliphatic heterocycles. The van der Waals surface area contributed by atoms with E-state index in [2.05, 4.69) is 0 Å². The lowest BCUT2D eigenvalue weighted by molar-refractivity contribution is -0.184. The highest BCUT2D eigenvalue weighted by Crippen LogP contribution is 2.23. The molecule has 0 radical (unpaired) electrons. The van der Waals surface area contributed by atoms with Gasteiger partial charge in [0.25, 0.3) is 0 Å². The molecule has 122 valence electrons. The lowest BCUT2D eigenvalue weighted by atomic mass is 10.2. The topological polar surface area (TPSA) is 49.9 Å². The maximum atomic E-state index is 12.4. The fraction of sp³-hybridized carbons (Fsp3) is 0.846. The van der Waals surface area contributed by atoms with Crippen molar-refractivity contribution in [3.8, 4) is 0 Å². The van der Waals surface area contributed by atoms with Gasteiger partial charge in [-0.05, 0) is 33.6 Å². The molecule has 0 spiro atoms. The molecular weight excluding hydrogens is 289 g/mol. The third-order valence-corrected chi connectivity index (χ3v) is 3.08. The largest absolute Gasteiger partial charge is 0.471 e. The van der Waals surface area contributed by atoms with Crippen LogP contribution < -0.4 is 0 Å². The number of carbonyl (C=O) groups excluding carboxylic acids is 2. The van der Waals surface area contributed by atoms with E-state index in [1.807, 2.05) is 0 Å². The van der Waals surface area contributed by atoms with Gasteiger partial charge < -0.3 is 14.5 Å². The van der Waals surface area contributed by atoms with Gasteiger partial charge in [-0.25, -0.2) is 4.79 Å². The van der Waals surface area contributed by atoms with Crippen molar-refractivity contribution in [3.63, 3.8) is 0 Å². The van der Waals surface area contributed by atoms with Crippen LogP contribution in [-0.2, 0) is 9.53 Å². The summed E-state index contributed by atoms with van der Waals surface area (Å²) in [6.07, 6.45) is -4.23. The molecule has 0 aromatic carbocycles. The first-order chi connectivity index (χ1) is 9.42. The summed E-state index contributed by atoms with van der Waals surface area (Å²) in [6, 6.07) is -0.448. The molecule has 1 unspecified atom stereocenters. The number of nitrogens with zero attached hydrogens (tertiary/aromatic N) is 2. The van der Waals surface area contributed by atoms with Crippen LogP contribution >= 0.6 is 0 Å². The second-order valence-corrected chi connectivity index (χ2v) is 6.15. The van der Waals surface area contributed by atoms with Gasteiger partial charge in [-0.1, -0.05) is 0 Å². The van der Waals surface area contributed by atoms with Crippen molar-refractivity contribution in [1.82, 2.24) is 9.80 Å². The number of hydrogen-bond donors (Lipinski definition) is 0. The Morgan fingerprint density at radius 3 is 2.33 bits per heavy atom. The average molecular weight is 310 g/mol. The van der Waals surface area contributed by atoms with Gasteiger partial charge in [0.15, 0.2) is 0 Å². The maximum Gasteiger partial charge on any atom is 0.471 e. The fourth-order valence-corrected chi connectivity index (χ4v) is 2.20. The fourth-order valence-electron chi connectivity index (χ4n) is 2.20. The van der Waals surface area contributed by atoms with Crippen molar-refractivity contribution in [1.29, 1.82) is 0 Å². The molecule has 0 bridgehead atoms. The van der Waals surface area contributed by atoms with Crippen LogP contribution in [0.3, 0.4) is 0 Å². The summed E-state index contributed by atoms with van der Waals surface area (Å²) in [6.45, 7) is 5.42. The first-order valence-corrected chi connectivity index (χ1v) is 6.74. The predicted octanol–water partition coefficient (Wildman–Crippen LogP) is 2.41. The smallest absolute Gasteiger partial charge is 0.444 e. The van der Waals surface area contributed by atoms with Crippen LogP contribution in [0, 0.1) is 0 Å². The highest BCUT2D eigenvalue weighted by Gasteiger charge is 2.43. The van der Waals surface area contributed by atoms with Crippen molar-refractivity contribution in [2.75, 3.05) is 20.1 Å². The van der Waals surface area contributed by atoms with Crippen LogP contribution in [0.1, 0.15) is 33.6 Å². The van der Waals surface area contributed by atoms with Crippen LogP contribution in [0.2, 0.25) is 0 Å². The van der Waals surface area contributed by atoms with Gasteiger partial charge >= 0.3 is 18.2 Å². The SMILES string of the molecule is CN(CC1CCCN1C(=O)OC(C)(C)C)C(=O)C(F)(F)F. The number of ether oxygens (including phenoxy) is 1. The Morgan fingerprint density at radius 2 is 1.86 bits per heavy atom. The number of likely N-dealkylation sites (N-methyl/N-ethyl adjacent to an activating group) is 1. The van der Waals surface area contributed by atoms with Gasteiger partial charge in [-0.2, -0.15) is 13.2 Å². The van der Waals surface area contributed by atoms with E-state index >= 15 is 0 Å². The summed E-state index contributed by atoms with van der Waals surface area (Å²) in [4.78, 5) is 25.1. The number of amides is 2.